The molecule has 112 valence electrons. The molecule has 0 aliphatic rings. The van der Waals surface area contributed by atoms with E-state index in [-0.39, 0.29) is 0 Å². The molecule has 1 rings (SSSR count). The Labute approximate surface area is 128 Å². The Kier molecular flexibility index (Phi) is 14.8. The third-order valence-electron chi connectivity index (χ3n) is 2.28. The number of nitrogens with zero attached hydrogens (tertiary/aromatic N) is 1. The van der Waals surface area contributed by atoms with Gasteiger partial charge in [-0.1, -0.05) is 82.8 Å². The van der Waals surface area contributed by atoms with Gasteiger partial charge in [-0.15, -0.1) is 0 Å². The summed E-state index contributed by atoms with van der Waals surface area (Å²) >= 11 is 0. The zero-order valence-corrected chi connectivity index (χ0v) is 15.0. The van der Waals surface area contributed by atoms with E-state index in [9.17, 15) is 0 Å². The summed E-state index contributed by atoms with van der Waals surface area (Å²) in [6, 6.07) is 10.3. The lowest BCUT2D eigenvalue weighted by Crippen LogP contribution is -2.04. The molecule has 0 N–H and O–H groups in total. The second-order valence-electron chi connectivity index (χ2n) is 3.53. The van der Waals surface area contributed by atoms with Crippen LogP contribution in [0, 0.1) is 0 Å². The topological polar surface area (TPSA) is 3.24 Å². The van der Waals surface area contributed by atoms with Gasteiger partial charge in [-0.2, -0.15) is 0 Å². The predicted molar refractivity (Wildman–Crippen MR) is 98.5 cm³/mol. The molecule has 0 aliphatic carbocycles. The lowest BCUT2D eigenvalue weighted by molar-refractivity contribution is 0.738. The fourth-order valence-corrected chi connectivity index (χ4v) is 1.50. The normalized spacial score (nSPS) is 10.1. The standard InChI is InChI=1S/C14H18NP.2C2H6/c1-4-5-11-14(12(2)15(3)16)13-9-7-6-8-10-13;2*1-2/h4-11H,2,16H2,1,3H3;2*1-2H3/b5-4?,14-11+;;. The van der Waals surface area contributed by atoms with Crippen LogP contribution in [-0.4, -0.2) is 11.7 Å². The average Bonchev–Trinajstić information content (AvgIpc) is 2.52. The third kappa shape index (κ3) is 7.96. The van der Waals surface area contributed by atoms with E-state index in [1.807, 2.05) is 76.7 Å². The van der Waals surface area contributed by atoms with Crippen LogP contribution in [0.5, 0.6) is 0 Å². The van der Waals surface area contributed by atoms with Crippen molar-refractivity contribution in [3.05, 3.63) is 66.4 Å². The number of likely N-dealkylation sites (N-methyl/N-ethyl adjacent to an activating group) is 1. The first kappa shape index (κ1) is 21.0. The fourth-order valence-electron chi connectivity index (χ4n) is 1.36. The molecular weight excluding hydrogens is 261 g/mol. The number of rotatable bonds is 4. The quantitative estimate of drug-likeness (QED) is 0.490. The first-order chi connectivity index (χ1) is 9.66. The molecule has 0 saturated heterocycles. The molecule has 0 radical (unpaired) electrons. The van der Waals surface area contributed by atoms with Crippen LogP contribution in [0.3, 0.4) is 0 Å². The Morgan fingerprint density at radius 1 is 1.10 bits per heavy atom. The van der Waals surface area contributed by atoms with E-state index in [1.54, 1.807) is 0 Å². The number of allylic oxidation sites excluding steroid dienone is 4. The molecule has 1 atom stereocenters. The molecule has 0 fully saturated rings. The molecule has 0 aliphatic heterocycles. The first-order valence-electron chi connectivity index (χ1n) is 7.23. The Balaban J connectivity index is 0. The van der Waals surface area contributed by atoms with E-state index in [1.165, 1.54) is 5.56 Å². The lowest BCUT2D eigenvalue weighted by atomic mass is 10.0. The van der Waals surface area contributed by atoms with Crippen molar-refractivity contribution >= 4 is 15.0 Å². The van der Waals surface area contributed by atoms with Crippen molar-refractivity contribution in [1.82, 2.24) is 4.67 Å². The SMILES string of the molecule is C=C(/C(=C\C=CC)c1ccccc1)N(C)P.CC.CC. The van der Waals surface area contributed by atoms with Gasteiger partial charge < -0.3 is 4.67 Å². The van der Waals surface area contributed by atoms with Gasteiger partial charge in [0.05, 0.1) is 0 Å². The first-order valence-corrected chi connectivity index (χ1v) is 7.74. The van der Waals surface area contributed by atoms with Gasteiger partial charge in [0, 0.05) is 18.3 Å². The molecule has 0 amide bonds. The minimum Gasteiger partial charge on any atom is -0.359 e. The smallest absolute Gasteiger partial charge is 0.0398 e. The van der Waals surface area contributed by atoms with Crippen molar-refractivity contribution < 1.29 is 0 Å². The third-order valence-corrected chi connectivity index (χ3v) is 2.59. The maximum Gasteiger partial charge on any atom is 0.0398 e. The molecule has 2 heteroatoms. The molecule has 1 aromatic carbocycles. The van der Waals surface area contributed by atoms with Crippen LogP contribution in [0.25, 0.3) is 5.57 Å². The summed E-state index contributed by atoms with van der Waals surface area (Å²) in [5.41, 5.74) is 3.30. The molecular formula is C18H30NP. The van der Waals surface area contributed by atoms with Crippen LogP contribution in [-0.2, 0) is 0 Å². The van der Waals surface area contributed by atoms with Gasteiger partial charge in [0.25, 0.3) is 0 Å². The van der Waals surface area contributed by atoms with Crippen LogP contribution in [0.2, 0.25) is 0 Å². The minimum absolute atomic E-state index is 0.981. The molecule has 0 heterocycles. The summed E-state index contributed by atoms with van der Waals surface area (Å²) in [6.45, 7) is 14.1. The molecule has 0 bridgehead atoms. The van der Waals surface area contributed by atoms with Crippen molar-refractivity contribution in [3.8, 4) is 0 Å². The zero-order chi connectivity index (χ0) is 16.0. The van der Waals surface area contributed by atoms with E-state index >= 15 is 0 Å². The maximum atomic E-state index is 4.09. The van der Waals surface area contributed by atoms with Crippen LogP contribution in [0.4, 0.5) is 0 Å². The van der Waals surface area contributed by atoms with Crippen LogP contribution >= 0.6 is 9.39 Å². The van der Waals surface area contributed by atoms with Crippen LogP contribution < -0.4 is 0 Å². The van der Waals surface area contributed by atoms with Crippen molar-refractivity contribution in [2.45, 2.75) is 34.6 Å². The highest BCUT2D eigenvalue weighted by molar-refractivity contribution is 7.13. The van der Waals surface area contributed by atoms with Gasteiger partial charge in [-0.05, 0) is 21.9 Å². The predicted octanol–water partition coefficient (Wildman–Crippen LogP) is 5.93. The Morgan fingerprint density at radius 2 is 1.60 bits per heavy atom. The monoisotopic (exact) mass is 291 g/mol. The molecule has 0 spiro atoms. The van der Waals surface area contributed by atoms with Gasteiger partial charge in [0.2, 0.25) is 0 Å². The molecule has 20 heavy (non-hydrogen) atoms. The van der Waals surface area contributed by atoms with Gasteiger partial charge in [0.15, 0.2) is 0 Å². The summed E-state index contributed by atoms with van der Waals surface area (Å²) in [7, 11) is 4.60. The van der Waals surface area contributed by atoms with E-state index in [0.717, 1.165) is 11.3 Å². The Hall–Kier alpha value is -1.33. The molecule has 1 unspecified atom stereocenters. The van der Waals surface area contributed by atoms with E-state index < -0.39 is 0 Å². The van der Waals surface area contributed by atoms with Crippen molar-refractivity contribution in [1.29, 1.82) is 0 Å². The van der Waals surface area contributed by atoms with Crippen molar-refractivity contribution in [3.63, 3.8) is 0 Å². The molecule has 1 aromatic rings. The van der Waals surface area contributed by atoms with Gasteiger partial charge in [-0.25, -0.2) is 0 Å². The maximum absolute atomic E-state index is 4.09. The Morgan fingerprint density at radius 3 is 2.00 bits per heavy atom. The van der Waals surface area contributed by atoms with Gasteiger partial charge >= 0.3 is 0 Å². The van der Waals surface area contributed by atoms with E-state index in [2.05, 4.69) is 34.2 Å². The average molecular weight is 291 g/mol. The summed E-state index contributed by atoms with van der Waals surface area (Å²) < 4.78 is 1.95. The molecule has 0 aromatic heterocycles. The van der Waals surface area contributed by atoms with E-state index in [4.69, 9.17) is 0 Å². The minimum atomic E-state index is 0.981. The molecule has 0 saturated carbocycles. The largest absolute Gasteiger partial charge is 0.359 e. The highest BCUT2D eigenvalue weighted by atomic mass is 31.0. The summed E-state index contributed by atoms with van der Waals surface area (Å²) in [4.78, 5) is 0. The summed E-state index contributed by atoms with van der Waals surface area (Å²) in [5, 5.41) is 0. The number of hydrogen-bond donors (Lipinski definition) is 0. The second kappa shape index (κ2) is 14.1. The fraction of sp³-hybridized carbons (Fsp3) is 0.333. The summed E-state index contributed by atoms with van der Waals surface area (Å²) in [5.74, 6) is 0. The van der Waals surface area contributed by atoms with Gasteiger partial charge in [0.1, 0.15) is 0 Å². The highest BCUT2D eigenvalue weighted by Gasteiger charge is 2.06. The molecule has 1 nitrogen and oxygen atoms in total. The van der Waals surface area contributed by atoms with Crippen molar-refractivity contribution in [2.24, 2.45) is 0 Å². The van der Waals surface area contributed by atoms with Crippen LogP contribution in [0.1, 0.15) is 40.2 Å². The lowest BCUT2D eigenvalue weighted by Gasteiger charge is -2.18. The highest BCUT2D eigenvalue weighted by Crippen LogP contribution is 2.25. The van der Waals surface area contributed by atoms with Crippen LogP contribution in [0.15, 0.2) is 60.8 Å². The zero-order valence-electron chi connectivity index (χ0n) is 13.9. The summed E-state index contributed by atoms with van der Waals surface area (Å²) in [6.07, 6.45) is 6.12. The Bertz CT molecular complexity index is 403. The second-order valence-corrected chi connectivity index (χ2v) is 4.30. The number of benzene rings is 1. The number of hydrogen-bond acceptors (Lipinski definition) is 1. The van der Waals surface area contributed by atoms with E-state index in [0.29, 0.717) is 0 Å². The van der Waals surface area contributed by atoms with Gasteiger partial charge in [-0.3, -0.25) is 0 Å². The van der Waals surface area contributed by atoms with Crippen molar-refractivity contribution in [2.75, 3.05) is 7.05 Å².